The van der Waals surface area contributed by atoms with E-state index in [1.807, 2.05) is 20.8 Å². The highest BCUT2D eigenvalue weighted by atomic mass is 16.6. The quantitative estimate of drug-likeness (QED) is 0.571. The Kier molecular flexibility index (Phi) is 2.69. The van der Waals surface area contributed by atoms with Crippen LogP contribution >= 0.6 is 0 Å². The van der Waals surface area contributed by atoms with E-state index in [4.69, 9.17) is 4.84 Å². The molecule has 0 spiro atoms. The summed E-state index contributed by atoms with van der Waals surface area (Å²) in [6, 6.07) is 0. The molecule has 2 heteroatoms. The summed E-state index contributed by atoms with van der Waals surface area (Å²) in [5, 5.41) is 4.26. The van der Waals surface area contributed by atoms with Gasteiger partial charge < -0.3 is 4.84 Å². The lowest BCUT2D eigenvalue weighted by Crippen LogP contribution is -2.21. The van der Waals surface area contributed by atoms with Crippen LogP contribution in [0.25, 0.3) is 0 Å². The van der Waals surface area contributed by atoms with Gasteiger partial charge in [-0.15, -0.1) is 0 Å². The molecule has 0 aliphatic heterocycles. The highest BCUT2D eigenvalue weighted by Gasteiger charge is 2.31. The van der Waals surface area contributed by atoms with Gasteiger partial charge in [0.25, 0.3) is 0 Å². The van der Waals surface area contributed by atoms with Gasteiger partial charge in [-0.3, -0.25) is 0 Å². The van der Waals surface area contributed by atoms with Crippen molar-refractivity contribution in [2.24, 2.45) is 10.6 Å². The van der Waals surface area contributed by atoms with Gasteiger partial charge in [0.05, 0.1) is 5.71 Å². The van der Waals surface area contributed by atoms with Crippen molar-refractivity contribution >= 4 is 5.71 Å². The smallest absolute Gasteiger partial charge is 0.129 e. The molecule has 76 valence electrons. The van der Waals surface area contributed by atoms with Crippen LogP contribution in [0.4, 0.5) is 0 Å². The molecule has 0 atom stereocenters. The molecule has 1 fully saturated rings. The number of hydrogen-bond donors (Lipinski definition) is 0. The van der Waals surface area contributed by atoms with Gasteiger partial charge in [-0.2, -0.15) is 0 Å². The summed E-state index contributed by atoms with van der Waals surface area (Å²) >= 11 is 0. The lowest BCUT2D eigenvalue weighted by atomic mass is 9.90. The maximum absolute atomic E-state index is 5.44. The molecule has 1 aliphatic rings. The Labute approximate surface area is 81.3 Å². The molecular formula is C11H21NO. The Morgan fingerprint density at radius 3 is 2.31 bits per heavy atom. The fourth-order valence-electron chi connectivity index (χ4n) is 1.54. The topological polar surface area (TPSA) is 21.6 Å². The molecule has 0 bridgehead atoms. The van der Waals surface area contributed by atoms with Gasteiger partial charge in [-0.1, -0.05) is 19.0 Å². The molecule has 2 nitrogen and oxygen atoms in total. The Morgan fingerprint density at radius 1 is 1.31 bits per heavy atom. The van der Waals surface area contributed by atoms with Crippen molar-refractivity contribution in [3.8, 4) is 0 Å². The van der Waals surface area contributed by atoms with Crippen LogP contribution in [0.15, 0.2) is 5.16 Å². The minimum absolute atomic E-state index is 0.161. The van der Waals surface area contributed by atoms with E-state index in [2.05, 4.69) is 19.0 Å². The van der Waals surface area contributed by atoms with Crippen molar-refractivity contribution in [2.45, 2.75) is 59.5 Å². The molecule has 1 saturated carbocycles. The summed E-state index contributed by atoms with van der Waals surface area (Å²) in [4.78, 5) is 5.44. The summed E-state index contributed by atoms with van der Waals surface area (Å²) in [5.74, 6) is 0. The van der Waals surface area contributed by atoms with E-state index >= 15 is 0 Å². The second kappa shape index (κ2) is 3.32. The molecule has 0 amide bonds. The van der Waals surface area contributed by atoms with Crippen molar-refractivity contribution in [3.63, 3.8) is 0 Å². The molecule has 13 heavy (non-hydrogen) atoms. The summed E-state index contributed by atoms with van der Waals surface area (Å²) in [6.45, 7) is 10.6. The van der Waals surface area contributed by atoms with Crippen LogP contribution in [-0.4, -0.2) is 11.3 Å². The van der Waals surface area contributed by atoms with Crippen LogP contribution in [0.3, 0.4) is 0 Å². The second-order valence-electron chi connectivity index (χ2n) is 5.48. The first-order valence-corrected chi connectivity index (χ1v) is 5.07. The molecule has 0 saturated heterocycles. The molecule has 0 heterocycles. The van der Waals surface area contributed by atoms with Crippen molar-refractivity contribution in [2.75, 3.05) is 0 Å². The zero-order valence-electron chi connectivity index (χ0n) is 9.48. The van der Waals surface area contributed by atoms with Gasteiger partial charge in [0, 0.05) is 5.41 Å². The Balaban J connectivity index is 2.61. The highest BCUT2D eigenvalue weighted by molar-refractivity contribution is 5.90. The fourth-order valence-corrected chi connectivity index (χ4v) is 1.54. The zero-order chi connectivity index (χ0) is 10.1. The predicted molar refractivity (Wildman–Crippen MR) is 55.9 cm³/mol. The average Bonchev–Trinajstić information content (AvgIpc) is 2.23. The van der Waals surface area contributed by atoms with Gasteiger partial charge in [0.1, 0.15) is 5.60 Å². The van der Waals surface area contributed by atoms with E-state index in [1.165, 1.54) is 18.6 Å². The van der Waals surface area contributed by atoms with E-state index in [0.29, 0.717) is 0 Å². The van der Waals surface area contributed by atoms with E-state index in [1.54, 1.807) is 0 Å². The van der Waals surface area contributed by atoms with E-state index in [9.17, 15) is 0 Å². The normalized spacial score (nSPS) is 25.2. The molecular weight excluding hydrogens is 162 g/mol. The van der Waals surface area contributed by atoms with Gasteiger partial charge in [0.15, 0.2) is 0 Å². The van der Waals surface area contributed by atoms with E-state index < -0.39 is 0 Å². The van der Waals surface area contributed by atoms with Gasteiger partial charge in [-0.05, 0) is 40.0 Å². The van der Waals surface area contributed by atoms with Crippen molar-refractivity contribution in [1.82, 2.24) is 0 Å². The zero-order valence-corrected chi connectivity index (χ0v) is 9.48. The molecule has 1 rings (SSSR count). The third-order valence-corrected chi connectivity index (χ3v) is 2.43. The number of nitrogens with zero attached hydrogens (tertiary/aromatic N) is 1. The lowest BCUT2D eigenvalue weighted by molar-refractivity contribution is -0.000562. The Hall–Kier alpha value is -0.530. The molecule has 0 aromatic heterocycles. The van der Waals surface area contributed by atoms with E-state index in [-0.39, 0.29) is 11.0 Å². The second-order valence-corrected chi connectivity index (χ2v) is 5.48. The molecule has 0 aromatic rings. The summed E-state index contributed by atoms with van der Waals surface area (Å²) < 4.78 is 0. The molecule has 0 radical (unpaired) electrons. The van der Waals surface area contributed by atoms with Crippen LogP contribution in [0, 0.1) is 5.41 Å². The third-order valence-electron chi connectivity index (χ3n) is 2.43. The maximum atomic E-state index is 5.44. The van der Waals surface area contributed by atoms with Crippen molar-refractivity contribution < 1.29 is 4.84 Å². The Bertz CT molecular complexity index is 211. The van der Waals surface area contributed by atoms with Crippen LogP contribution in [0.1, 0.15) is 53.9 Å². The first-order valence-electron chi connectivity index (χ1n) is 5.07. The van der Waals surface area contributed by atoms with Crippen LogP contribution in [0.2, 0.25) is 0 Å². The first kappa shape index (κ1) is 10.6. The maximum Gasteiger partial charge on any atom is 0.129 e. The van der Waals surface area contributed by atoms with Crippen LogP contribution in [0.5, 0.6) is 0 Å². The fraction of sp³-hybridized carbons (Fsp3) is 0.909. The van der Waals surface area contributed by atoms with Gasteiger partial charge in [0.2, 0.25) is 0 Å². The minimum Gasteiger partial charge on any atom is -0.390 e. The molecule has 1 aliphatic carbocycles. The number of oxime groups is 1. The van der Waals surface area contributed by atoms with Gasteiger partial charge in [-0.25, -0.2) is 0 Å². The SMILES string of the molecule is CC(C)(C)O/N=C1/CCCC1(C)C. The van der Waals surface area contributed by atoms with Crippen LogP contribution < -0.4 is 0 Å². The van der Waals surface area contributed by atoms with Gasteiger partial charge >= 0.3 is 0 Å². The summed E-state index contributed by atoms with van der Waals surface area (Å²) in [7, 11) is 0. The Morgan fingerprint density at radius 2 is 1.92 bits per heavy atom. The number of rotatable bonds is 1. The van der Waals surface area contributed by atoms with Crippen molar-refractivity contribution in [1.29, 1.82) is 0 Å². The molecule has 0 aromatic carbocycles. The number of hydrogen-bond acceptors (Lipinski definition) is 2. The highest BCUT2D eigenvalue weighted by Crippen LogP contribution is 2.34. The van der Waals surface area contributed by atoms with E-state index in [0.717, 1.165) is 6.42 Å². The third kappa shape index (κ3) is 3.02. The molecule has 0 unspecified atom stereocenters. The monoisotopic (exact) mass is 183 g/mol. The van der Waals surface area contributed by atoms with Crippen LogP contribution in [-0.2, 0) is 4.84 Å². The average molecular weight is 183 g/mol. The van der Waals surface area contributed by atoms with Crippen molar-refractivity contribution in [3.05, 3.63) is 0 Å². The summed E-state index contributed by atoms with van der Waals surface area (Å²) in [6.07, 6.45) is 3.59. The standard InChI is InChI=1S/C11H21NO/c1-10(2,3)13-12-9-7-6-8-11(9,4)5/h6-8H2,1-5H3/b12-9-. The largest absolute Gasteiger partial charge is 0.390 e. The molecule has 0 N–H and O–H groups in total. The first-order chi connectivity index (χ1) is 5.81. The lowest BCUT2D eigenvalue weighted by Gasteiger charge is -2.21. The minimum atomic E-state index is -0.161. The summed E-state index contributed by atoms with van der Waals surface area (Å²) in [5.41, 5.74) is 1.32. The predicted octanol–water partition coefficient (Wildman–Crippen LogP) is 3.37.